The zero-order valence-electron chi connectivity index (χ0n) is 7.25. The van der Waals surface area contributed by atoms with Crippen molar-refractivity contribution in [3.63, 3.8) is 0 Å². The molecular formula is C8H6Cl3NS3. The van der Waals surface area contributed by atoms with Crippen molar-refractivity contribution in [2.75, 3.05) is 5.32 Å². The van der Waals surface area contributed by atoms with Crippen molar-refractivity contribution in [1.29, 1.82) is 0 Å². The summed E-state index contributed by atoms with van der Waals surface area (Å²) in [5.41, 5.74) is 0.917. The van der Waals surface area contributed by atoms with Crippen molar-refractivity contribution in [3.8, 4) is 0 Å². The summed E-state index contributed by atoms with van der Waals surface area (Å²) in [4.78, 5) is 0. The largest absolute Gasteiger partial charge is 0.340 e. The van der Waals surface area contributed by atoms with Crippen molar-refractivity contribution < 1.29 is 0 Å². The molecule has 0 radical (unpaired) electrons. The molecular weight excluding hydrogens is 313 g/mol. The fourth-order valence-electron chi connectivity index (χ4n) is 0.745. The first-order chi connectivity index (χ1) is 6.97. The van der Waals surface area contributed by atoms with Gasteiger partial charge >= 0.3 is 0 Å². The van der Waals surface area contributed by atoms with Crippen LogP contribution in [0, 0.1) is 0 Å². The number of hydrogen-bond donors (Lipinski definition) is 1. The van der Waals surface area contributed by atoms with Gasteiger partial charge in [-0.1, -0.05) is 65.2 Å². The number of hydrogen-bond acceptors (Lipinski definition) is 3. The van der Waals surface area contributed by atoms with Crippen LogP contribution in [0.15, 0.2) is 30.3 Å². The van der Waals surface area contributed by atoms with Crippen LogP contribution < -0.4 is 5.32 Å². The van der Waals surface area contributed by atoms with E-state index >= 15 is 0 Å². The van der Waals surface area contributed by atoms with Crippen molar-refractivity contribution in [2.45, 2.75) is 3.12 Å². The summed E-state index contributed by atoms with van der Waals surface area (Å²) in [5.74, 6) is 0. The average molecular weight is 319 g/mol. The Hall–Kier alpha value is 0.680. The molecule has 0 fully saturated rings. The molecule has 0 aliphatic carbocycles. The zero-order valence-corrected chi connectivity index (χ0v) is 12.0. The van der Waals surface area contributed by atoms with E-state index in [1.807, 2.05) is 30.3 Å². The Balaban J connectivity index is 2.38. The molecule has 1 rings (SSSR count). The molecule has 0 aliphatic rings. The van der Waals surface area contributed by atoms with E-state index in [-0.39, 0.29) is 0 Å². The van der Waals surface area contributed by atoms with Gasteiger partial charge in [0.1, 0.15) is 4.32 Å². The van der Waals surface area contributed by atoms with E-state index in [1.165, 1.54) is 10.8 Å². The van der Waals surface area contributed by atoms with Gasteiger partial charge in [-0.05, 0) is 33.7 Å². The highest BCUT2D eigenvalue weighted by atomic mass is 35.6. The SMILES string of the molecule is S=C(Nc1ccccc1)SSC(Cl)(Cl)Cl. The number of alkyl halides is 3. The van der Waals surface area contributed by atoms with Crippen molar-refractivity contribution in [3.05, 3.63) is 30.3 Å². The molecule has 0 unspecified atom stereocenters. The minimum atomic E-state index is -1.35. The summed E-state index contributed by atoms with van der Waals surface area (Å²) < 4.78 is -0.801. The highest BCUT2D eigenvalue weighted by Gasteiger charge is 2.21. The monoisotopic (exact) mass is 317 g/mol. The number of benzene rings is 1. The normalized spacial score (nSPS) is 11.1. The van der Waals surface area contributed by atoms with Gasteiger partial charge in [0.15, 0.2) is 0 Å². The van der Waals surface area contributed by atoms with Crippen molar-refractivity contribution in [2.24, 2.45) is 0 Å². The highest BCUT2D eigenvalue weighted by molar-refractivity contribution is 8.85. The first-order valence-corrected chi connectivity index (χ1v) is 7.45. The third kappa shape index (κ3) is 6.76. The van der Waals surface area contributed by atoms with Crippen LogP contribution >= 0.6 is 68.6 Å². The Morgan fingerprint density at radius 2 is 1.80 bits per heavy atom. The third-order valence-electron chi connectivity index (χ3n) is 1.23. The van der Waals surface area contributed by atoms with Gasteiger partial charge in [-0.3, -0.25) is 0 Å². The molecule has 0 saturated heterocycles. The van der Waals surface area contributed by atoms with Crippen LogP contribution in [0.4, 0.5) is 5.69 Å². The predicted molar refractivity (Wildman–Crippen MR) is 78.1 cm³/mol. The molecule has 1 N–H and O–H groups in total. The molecule has 0 atom stereocenters. The maximum atomic E-state index is 5.57. The first kappa shape index (κ1) is 13.7. The van der Waals surface area contributed by atoms with Crippen LogP contribution in [-0.4, -0.2) is 7.45 Å². The number of halogens is 3. The maximum absolute atomic E-state index is 5.57. The molecule has 15 heavy (non-hydrogen) atoms. The fourth-order valence-corrected chi connectivity index (χ4v) is 2.98. The van der Waals surface area contributed by atoms with E-state index in [1.54, 1.807) is 0 Å². The van der Waals surface area contributed by atoms with Gasteiger partial charge in [-0.15, -0.1) is 0 Å². The summed E-state index contributed by atoms with van der Waals surface area (Å²) in [6.07, 6.45) is 0. The number of para-hydroxylation sites is 1. The van der Waals surface area contributed by atoms with Crippen LogP contribution in [0.2, 0.25) is 0 Å². The van der Waals surface area contributed by atoms with E-state index in [2.05, 4.69) is 5.32 Å². The van der Waals surface area contributed by atoms with Crippen LogP contribution in [0.3, 0.4) is 0 Å². The number of anilines is 1. The van der Waals surface area contributed by atoms with E-state index in [4.69, 9.17) is 47.0 Å². The topological polar surface area (TPSA) is 12.0 Å². The molecule has 7 heteroatoms. The second-order valence-electron chi connectivity index (χ2n) is 2.39. The standard InChI is InChI=1S/C8H6Cl3NS3/c9-8(10,11)15-14-7(13)12-6-4-2-1-3-5-6/h1-5H,(H,12,13). The zero-order chi connectivity index (χ0) is 11.3. The Morgan fingerprint density at radius 1 is 1.20 bits per heavy atom. The second kappa shape index (κ2) is 6.42. The highest BCUT2D eigenvalue weighted by Crippen LogP contribution is 2.46. The van der Waals surface area contributed by atoms with Gasteiger partial charge in [-0.25, -0.2) is 0 Å². The lowest BCUT2D eigenvalue weighted by Crippen LogP contribution is -2.04. The first-order valence-electron chi connectivity index (χ1n) is 3.76. The molecule has 0 bridgehead atoms. The fraction of sp³-hybridized carbons (Fsp3) is 0.125. The molecule has 0 heterocycles. The Morgan fingerprint density at radius 3 is 2.33 bits per heavy atom. The van der Waals surface area contributed by atoms with Crippen molar-refractivity contribution in [1.82, 2.24) is 0 Å². The molecule has 1 nitrogen and oxygen atoms in total. The number of thiocarbonyl (C=S) groups is 1. The van der Waals surface area contributed by atoms with Gasteiger partial charge in [0, 0.05) is 5.69 Å². The summed E-state index contributed by atoms with van der Waals surface area (Å²) in [7, 11) is 2.29. The number of rotatable bonds is 2. The smallest absolute Gasteiger partial charge is 0.247 e. The van der Waals surface area contributed by atoms with E-state index < -0.39 is 3.12 Å². The van der Waals surface area contributed by atoms with Gasteiger partial charge in [0.25, 0.3) is 0 Å². The van der Waals surface area contributed by atoms with Gasteiger partial charge in [0.2, 0.25) is 3.12 Å². The molecule has 82 valence electrons. The molecule has 0 saturated carbocycles. The number of nitrogens with one attached hydrogen (secondary N) is 1. The minimum absolute atomic E-state index is 0.553. The van der Waals surface area contributed by atoms with Crippen LogP contribution in [0.5, 0.6) is 0 Å². The minimum Gasteiger partial charge on any atom is -0.340 e. The van der Waals surface area contributed by atoms with Crippen LogP contribution in [-0.2, 0) is 0 Å². The third-order valence-corrected chi connectivity index (χ3v) is 5.44. The molecule has 0 aliphatic heterocycles. The molecule has 0 spiro atoms. The Kier molecular flexibility index (Phi) is 5.89. The van der Waals surface area contributed by atoms with Crippen molar-refractivity contribution >= 4 is 78.6 Å². The van der Waals surface area contributed by atoms with Gasteiger partial charge in [-0.2, -0.15) is 0 Å². The second-order valence-corrected chi connectivity index (χ2v) is 8.37. The summed E-state index contributed by atoms with van der Waals surface area (Å²) in [6, 6.07) is 9.58. The Bertz CT molecular complexity index is 326. The quantitative estimate of drug-likeness (QED) is 0.462. The average Bonchev–Trinajstić information content (AvgIpc) is 2.15. The van der Waals surface area contributed by atoms with Gasteiger partial charge in [0.05, 0.1) is 0 Å². The van der Waals surface area contributed by atoms with Crippen LogP contribution in [0.25, 0.3) is 0 Å². The summed E-state index contributed by atoms with van der Waals surface area (Å²) in [6.45, 7) is 0. The van der Waals surface area contributed by atoms with E-state index in [0.29, 0.717) is 4.32 Å². The lowest BCUT2D eigenvalue weighted by molar-refractivity contribution is 1.66. The molecule has 0 aromatic heterocycles. The maximum Gasteiger partial charge on any atom is 0.247 e. The van der Waals surface area contributed by atoms with E-state index in [0.717, 1.165) is 16.5 Å². The van der Waals surface area contributed by atoms with Crippen LogP contribution in [0.1, 0.15) is 0 Å². The summed E-state index contributed by atoms with van der Waals surface area (Å²) in [5, 5.41) is 3.01. The molecule has 1 aromatic rings. The van der Waals surface area contributed by atoms with E-state index in [9.17, 15) is 0 Å². The predicted octanol–water partition coefficient (Wildman–Crippen LogP) is 5.09. The molecule has 0 amide bonds. The Labute approximate surface area is 117 Å². The van der Waals surface area contributed by atoms with Gasteiger partial charge < -0.3 is 5.32 Å². The molecule has 1 aromatic carbocycles. The lowest BCUT2D eigenvalue weighted by atomic mass is 10.3. The summed E-state index contributed by atoms with van der Waals surface area (Å²) >= 11 is 21.8. The lowest BCUT2D eigenvalue weighted by Gasteiger charge is -2.10.